The molecule has 0 saturated carbocycles. The van der Waals surface area contributed by atoms with E-state index in [9.17, 15) is 9.90 Å². The van der Waals surface area contributed by atoms with E-state index in [0.717, 1.165) is 42.5 Å². The maximum absolute atomic E-state index is 12.8. The summed E-state index contributed by atoms with van der Waals surface area (Å²) in [5.41, 5.74) is 5.78. The lowest BCUT2D eigenvalue weighted by Gasteiger charge is -2.35. The van der Waals surface area contributed by atoms with E-state index in [-0.39, 0.29) is 5.91 Å². The molecule has 0 bridgehead atoms. The number of aliphatic hydroxyl groups excluding tert-OH is 1. The second kappa shape index (κ2) is 10.4. The summed E-state index contributed by atoms with van der Waals surface area (Å²) in [7, 11) is 0. The number of carbonyl (C=O) groups excluding carboxylic acids is 1. The van der Waals surface area contributed by atoms with Crippen molar-refractivity contribution in [3.63, 3.8) is 0 Å². The number of pyridine rings is 1. The van der Waals surface area contributed by atoms with Crippen molar-refractivity contribution < 1.29 is 9.90 Å². The lowest BCUT2D eigenvalue weighted by atomic mass is 9.92. The van der Waals surface area contributed by atoms with E-state index in [1.54, 1.807) is 24.3 Å². The van der Waals surface area contributed by atoms with Gasteiger partial charge in [0.05, 0.1) is 23.3 Å². The summed E-state index contributed by atoms with van der Waals surface area (Å²) in [5, 5.41) is 24.4. The maximum Gasteiger partial charge on any atom is 0.253 e. The number of aliphatic hydroxyl groups is 1. The number of carbonyl (C=O) groups is 1. The Morgan fingerprint density at radius 1 is 1.06 bits per heavy atom. The number of anilines is 1. The van der Waals surface area contributed by atoms with Gasteiger partial charge >= 0.3 is 0 Å². The maximum atomic E-state index is 12.8. The van der Waals surface area contributed by atoms with Gasteiger partial charge in [-0.25, -0.2) is 0 Å². The number of hydrogen-bond donors (Lipinski definition) is 2. The molecule has 7 nitrogen and oxygen atoms in total. The average Bonchev–Trinajstić information content (AvgIpc) is 2.91. The topological polar surface area (TPSA) is 92.5 Å². The Morgan fingerprint density at radius 3 is 2.57 bits per heavy atom. The Labute approximate surface area is 206 Å². The van der Waals surface area contributed by atoms with Crippen LogP contribution in [0.3, 0.4) is 0 Å². The third-order valence-corrected chi connectivity index (χ3v) is 7.07. The molecule has 1 aromatic heterocycles. The minimum absolute atomic E-state index is 0.00862. The van der Waals surface area contributed by atoms with Gasteiger partial charge in [0, 0.05) is 61.6 Å². The van der Waals surface area contributed by atoms with E-state index >= 15 is 0 Å². The largest absolute Gasteiger partial charge is 0.390 e. The molecule has 3 aromatic rings. The molecule has 1 unspecified atom stereocenters. The van der Waals surface area contributed by atoms with Gasteiger partial charge in [-0.1, -0.05) is 18.2 Å². The van der Waals surface area contributed by atoms with Crippen LogP contribution in [-0.4, -0.2) is 71.2 Å². The lowest BCUT2D eigenvalue weighted by Crippen LogP contribution is -2.51. The number of amides is 1. The molecule has 2 aromatic carbocycles. The van der Waals surface area contributed by atoms with E-state index < -0.39 is 6.10 Å². The van der Waals surface area contributed by atoms with Gasteiger partial charge in [0.25, 0.3) is 5.91 Å². The lowest BCUT2D eigenvalue weighted by molar-refractivity contribution is 0.0547. The fourth-order valence-electron chi connectivity index (χ4n) is 5.16. The van der Waals surface area contributed by atoms with Crippen LogP contribution in [0.15, 0.2) is 48.5 Å². The zero-order chi connectivity index (χ0) is 24.2. The van der Waals surface area contributed by atoms with E-state index in [2.05, 4.69) is 28.4 Å². The monoisotopic (exact) mass is 469 g/mol. The number of β-amino-alcohol motifs (C(OH)–C–C–N with tert-alkyl or cyclic N) is 1. The van der Waals surface area contributed by atoms with Gasteiger partial charge in [-0.2, -0.15) is 5.26 Å². The highest BCUT2D eigenvalue weighted by atomic mass is 16.3. The van der Waals surface area contributed by atoms with Gasteiger partial charge in [-0.15, -0.1) is 0 Å². The molecule has 2 N–H and O–H groups in total. The van der Waals surface area contributed by atoms with Crippen LogP contribution in [-0.2, 0) is 12.8 Å². The summed E-state index contributed by atoms with van der Waals surface area (Å²) in [4.78, 5) is 21.7. The Bertz CT molecular complexity index is 1240. The first-order valence-corrected chi connectivity index (χ1v) is 12.5. The first-order chi connectivity index (χ1) is 17.1. The molecule has 5 rings (SSSR count). The molecule has 1 atom stereocenters. The predicted molar refractivity (Wildman–Crippen MR) is 136 cm³/mol. The summed E-state index contributed by atoms with van der Waals surface area (Å²) in [5.74, 6) is -0.00862. The first-order valence-electron chi connectivity index (χ1n) is 12.5. The van der Waals surface area contributed by atoms with Gasteiger partial charge in [0.2, 0.25) is 0 Å². The molecule has 1 aliphatic carbocycles. The molecular weight excluding hydrogens is 438 g/mol. The van der Waals surface area contributed by atoms with Crippen molar-refractivity contribution in [3.8, 4) is 6.07 Å². The van der Waals surface area contributed by atoms with Crippen LogP contribution in [0.5, 0.6) is 0 Å². The molecule has 0 radical (unpaired) electrons. The van der Waals surface area contributed by atoms with Crippen LogP contribution in [0.4, 0.5) is 5.69 Å². The van der Waals surface area contributed by atoms with Crippen molar-refractivity contribution in [2.24, 2.45) is 0 Å². The second-order valence-electron chi connectivity index (χ2n) is 9.45. The Hall–Kier alpha value is -3.47. The smallest absolute Gasteiger partial charge is 0.253 e. The van der Waals surface area contributed by atoms with E-state index in [0.29, 0.717) is 37.3 Å². The van der Waals surface area contributed by atoms with E-state index in [1.807, 2.05) is 17.0 Å². The molecule has 7 heteroatoms. The van der Waals surface area contributed by atoms with Gasteiger partial charge in [-0.3, -0.25) is 14.7 Å². The van der Waals surface area contributed by atoms with Crippen molar-refractivity contribution in [1.82, 2.24) is 14.8 Å². The summed E-state index contributed by atoms with van der Waals surface area (Å²) < 4.78 is 0. The number of hydrogen-bond acceptors (Lipinski definition) is 6. The number of aromatic nitrogens is 1. The standard InChI is InChI=1S/C28H31N5O2/c29-17-20-9-11-21(12-10-20)28(35)33-15-13-32(14-16-33)19-22(34)18-30-27-23-5-1-3-7-25(23)31-26-8-4-2-6-24(26)27/h1,3,5,7,9-12,22,34H,2,4,6,8,13-16,18-19H2,(H,30,31). The molecule has 2 aliphatic rings. The Morgan fingerprint density at radius 2 is 1.80 bits per heavy atom. The van der Waals surface area contributed by atoms with Gasteiger partial charge in [0.15, 0.2) is 0 Å². The summed E-state index contributed by atoms with van der Waals surface area (Å²) >= 11 is 0. The normalized spacial score (nSPS) is 17.0. The quantitative estimate of drug-likeness (QED) is 0.576. The van der Waals surface area contributed by atoms with Crippen LogP contribution in [0, 0.1) is 11.3 Å². The molecule has 1 aliphatic heterocycles. The number of fused-ring (bicyclic) bond motifs is 2. The highest BCUT2D eigenvalue weighted by Gasteiger charge is 2.24. The van der Waals surface area contributed by atoms with Gasteiger partial charge < -0.3 is 15.3 Å². The van der Waals surface area contributed by atoms with E-state index in [4.69, 9.17) is 10.2 Å². The zero-order valence-corrected chi connectivity index (χ0v) is 19.9. The van der Waals surface area contributed by atoms with Crippen molar-refractivity contribution in [2.75, 3.05) is 44.6 Å². The van der Waals surface area contributed by atoms with E-state index in [1.165, 1.54) is 24.1 Å². The van der Waals surface area contributed by atoms with Crippen LogP contribution < -0.4 is 5.32 Å². The fraction of sp³-hybridized carbons (Fsp3) is 0.393. The second-order valence-corrected chi connectivity index (χ2v) is 9.45. The number of nitrogens with one attached hydrogen (secondary N) is 1. The minimum atomic E-state index is -0.512. The van der Waals surface area contributed by atoms with Crippen molar-refractivity contribution in [2.45, 2.75) is 31.8 Å². The SMILES string of the molecule is N#Cc1ccc(C(=O)N2CCN(CC(O)CNc3c4c(nc5ccccc35)CCCC4)CC2)cc1. The molecule has 0 spiro atoms. The van der Waals surface area contributed by atoms with Crippen LogP contribution in [0.1, 0.15) is 40.0 Å². The predicted octanol–water partition coefficient (Wildman–Crippen LogP) is 3.22. The average molecular weight is 470 g/mol. The summed E-state index contributed by atoms with van der Waals surface area (Å²) in [6.45, 7) is 3.75. The van der Waals surface area contributed by atoms with Crippen LogP contribution in [0.2, 0.25) is 0 Å². The molecule has 2 heterocycles. The zero-order valence-electron chi connectivity index (χ0n) is 19.9. The van der Waals surface area contributed by atoms with Crippen molar-refractivity contribution >= 4 is 22.5 Å². The first kappa shape index (κ1) is 23.3. The summed E-state index contributed by atoms with van der Waals surface area (Å²) in [6, 6.07) is 17.1. The number of nitrogens with zero attached hydrogens (tertiary/aromatic N) is 4. The van der Waals surface area contributed by atoms with Gasteiger partial charge in [0.1, 0.15) is 0 Å². The molecular formula is C28H31N5O2. The van der Waals surface area contributed by atoms with Crippen molar-refractivity contribution in [1.29, 1.82) is 5.26 Å². The number of piperazine rings is 1. The molecule has 1 fully saturated rings. The third-order valence-electron chi connectivity index (χ3n) is 7.07. The Kier molecular flexibility index (Phi) is 6.94. The highest BCUT2D eigenvalue weighted by Crippen LogP contribution is 2.33. The summed E-state index contributed by atoms with van der Waals surface area (Å²) in [6.07, 6.45) is 3.89. The molecule has 1 saturated heterocycles. The minimum Gasteiger partial charge on any atom is -0.390 e. The number of nitriles is 1. The third kappa shape index (κ3) is 5.14. The molecule has 35 heavy (non-hydrogen) atoms. The number of aryl methyl sites for hydroxylation is 1. The highest BCUT2D eigenvalue weighted by molar-refractivity contribution is 5.94. The fourth-order valence-corrected chi connectivity index (χ4v) is 5.16. The van der Waals surface area contributed by atoms with Crippen LogP contribution >= 0.6 is 0 Å². The van der Waals surface area contributed by atoms with Gasteiger partial charge in [-0.05, 0) is 61.6 Å². The number of rotatable bonds is 6. The van der Waals surface area contributed by atoms with Crippen molar-refractivity contribution in [3.05, 3.63) is 70.9 Å². The molecule has 1 amide bonds. The van der Waals surface area contributed by atoms with Crippen LogP contribution in [0.25, 0.3) is 10.9 Å². The Balaban J connectivity index is 1.16. The molecule has 180 valence electrons. The number of benzene rings is 2. The number of para-hydroxylation sites is 1.